The molecule has 2 unspecified atom stereocenters. The molecule has 0 saturated carbocycles. The summed E-state index contributed by atoms with van der Waals surface area (Å²) in [6, 6.07) is 22.2. The van der Waals surface area contributed by atoms with Gasteiger partial charge in [0.2, 0.25) is 5.91 Å². The van der Waals surface area contributed by atoms with Crippen molar-refractivity contribution in [3.63, 3.8) is 0 Å². The van der Waals surface area contributed by atoms with E-state index >= 15 is 0 Å². The average Bonchev–Trinajstić information content (AvgIpc) is 3.17. The SMILES string of the molecule is CC[C@H](CN1CCC(CNC(=O)c2ccc3cc(Cl)ccc3c2)NC(C2CCN(C(C)C)CC2)C1=O)c1ccccc1. The van der Waals surface area contributed by atoms with Crippen molar-refractivity contribution in [3.05, 3.63) is 82.9 Å². The predicted molar refractivity (Wildman–Crippen MR) is 172 cm³/mol. The maximum absolute atomic E-state index is 14.1. The van der Waals surface area contributed by atoms with Gasteiger partial charge < -0.3 is 20.4 Å². The van der Waals surface area contributed by atoms with Gasteiger partial charge in [-0.1, -0.05) is 61.0 Å². The maximum Gasteiger partial charge on any atom is 0.251 e. The second kappa shape index (κ2) is 14.0. The molecule has 3 atom stereocenters. The van der Waals surface area contributed by atoms with Gasteiger partial charge in [0.05, 0.1) is 6.04 Å². The first-order chi connectivity index (χ1) is 20.3. The lowest BCUT2D eigenvalue weighted by Gasteiger charge is -2.39. The first-order valence-electron chi connectivity index (χ1n) is 15.6. The molecule has 2 aliphatic rings. The number of piperidine rings is 1. The molecule has 3 aromatic rings. The second-order valence-corrected chi connectivity index (χ2v) is 12.7. The quantitative estimate of drug-likeness (QED) is 0.317. The number of fused-ring (bicyclic) bond motifs is 1. The fourth-order valence-electron chi connectivity index (χ4n) is 6.61. The molecule has 2 amide bonds. The first-order valence-corrected chi connectivity index (χ1v) is 16.0. The van der Waals surface area contributed by atoms with Crippen LogP contribution in [-0.2, 0) is 4.79 Å². The van der Waals surface area contributed by atoms with E-state index in [1.165, 1.54) is 5.56 Å². The molecule has 0 aromatic heterocycles. The van der Waals surface area contributed by atoms with E-state index in [2.05, 4.69) is 65.5 Å². The summed E-state index contributed by atoms with van der Waals surface area (Å²) >= 11 is 6.13. The zero-order valence-corrected chi connectivity index (χ0v) is 25.9. The first kappa shape index (κ1) is 30.5. The van der Waals surface area contributed by atoms with Crippen LogP contribution in [0.1, 0.15) is 68.3 Å². The van der Waals surface area contributed by atoms with E-state index < -0.39 is 0 Å². The standard InChI is InChI=1S/C35H45ClN4O2/c1-4-25(26-8-6-5-7-9-26)23-40-19-16-32(38-33(35(40)42)27-14-17-39(18-15-27)24(2)3)22-37-34(41)30-11-10-29-21-31(36)13-12-28(29)20-30/h5-13,20-21,24-25,27,32-33,38H,4,14-19,22-23H2,1-3H3,(H,37,41)/t25-,32?,33?/m1/s1. The van der Waals surface area contributed by atoms with Crippen LogP contribution in [0, 0.1) is 5.92 Å². The van der Waals surface area contributed by atoms with Gasteiger partial charge in [0, 0.05) is 48.2 Å². The Morgan fingerprint density at radius 1 is 0.976 bits per heavy atom. The van der Waals surface area contributed by atoms with Crippen molar-refractivity contribution < 1.29 is 9.59 Å². The Hall–Kier alpha value is -2.93. The summed E-state index contributed by atoms with van der Waals surface area (Å²) in [5, 5.41) is 9.58. The number of benzene rings is 3. The molecular formula is C35H45ClN4O2. The van der Waals surface area contributed by atoms with Gasteiger partial charge in [-0.2, -0.15) is 0 Å². The minimum Gasteiger partial charge on any atom is -0.350 e. The van der Waals surface area contributed by atoms with Crippen molar-refractivity contribution in [2.45, 2.75) is 70.5 Å². The Morgan fingerprint density at radius 2 is 1.69 bits per heavy atom. The third kappa shape index (κ3) is 7.34. The normalized spacial score (nSPS) is 21.5. The zero-order chi connectivity index (χ0) is 29.6. The smallest absolute Gasteiger partial charge is 0.251 e. The van der Waals surface area contributed by atoms with Crippen LogP contribution in [0.4, 0.5) is 0 Å². The number of rotatable bonds is 9. The van der Waals surface area contributed by atoms with Gasteiger partial charge in [-0.05, 0) is 99.1 Å². The van der Waals surface area contributed by atoms with Crippen LogP contribution in [-0.4, -0.2) is 72.5 Å². The van der Waals surface area contributed by atoms with Gasteiger partial charge in [0.25, 0.3) is 5.91 Å². The van der Waals surface area contributed by atoms with E-state index in [1.54, 1.807) is 0 Å². The molecule has 2 saturated heterocycles. The highest BCUT2D eigenvalue weighted by Gasteiger charge is 2.38. The third-order valence-corrected chi connectivity index (χ3v) is 9.53. The molecule has 6 nitrogen and oxygen atoms in total. The second-order valence-electron chi connectivity index (χ2n) is 12.3. The van der Waals surface area contributed by atoms with Crippen molar-refractivity contribution in [2.75, 3.05) is 32.7 Å². The van der Waals surface area contributed by atoms with Gasteiger partial charge in [0.15, 0.2) is 0 Å². The molecule has 0 bridgehead atoms. The number of halogens is 1. The van der Waals surface area contributed by atoms with Gasteiger partial charge in [-0.25, -0.2) is 0 Å². The number of hydrogen-bond donors (Lipinski definition) is 2. The van der Waals surface area contributed by atoms with E-state index in [0.29, 0.717) is 35.6 Å². The molecular weight excluding hydrogens is 544 g/mol. The van der Waals surface area contributed by atoms with E-state index in [9.17, 15) is 9.59 Å². The number of amides is 2. The van der Waals surface area contributed by atoms with Crippen LogP contribution < -0.4 is 10.6 Å². The van der Waals surface area contributed by atoms with E-state index in [4.69, 9.17) is 11.6 Å². The fourth-order valence-corrected chi connectivity index (χ4v) is 6.79. The lowest BCUT2D eigenvalue weighted by Crippen LogP contribution is -2.55. The monoisotopic (exact) mass is 588 g/mol. The lowest BCUT2D eigenvalue weighted by molar-refractivity contribution is -0.134. The summed E-state index contributed by atoms with van der Waals surface area (Å²) in [6.07, 6.45) is 3.79. The van der Waals surface area contributed by atoms with Gasteiger partial charge >= 0.3 is 0 Å². The van der Waals surface area contributed by atoms with Gasteiger partial charge in [-0.15, -0.1) is 0 Å². The minimum atomic E-state index is -0.234. The minimum absolute atomic E-state index is 0.0205. The topological polar surface area (TPSA) is 64.7 Å². The van der Waals surface area contributed by atoms with E-state index in [0.717, 1.165) is 56.1 Å². The Bertz CT molecular complexity index is 1360. The molecule has 2 heterocycles. The summed E-state index contributed by atoms with van der Waals surface area (Å²) in [5.41, 5.74) is 1.91. The number of carbonyl (C=O) groups excluding carboxylic acids is 2. The van der Waals surface area contributed by atoms with Crippen LogP contribution in [0.15, 0.2) is 66.7 Å². The number of hydrogen-bond acceptors (Lipinski definition) is 4. The van der Waals surface area contributed by atoms with E-state index in [-0.39, 0.29) is 29.8 Å². The number of nitrogens with zero attached hydrogens (tertiary/aromatic N) is 2. The molecule has 0 spiro atoms. The summed E-state index contributed by atoms with van der Waals surface area (Å²) in [4.78, 5) is 31.9. The van der Waals surface area contributed by atoms with Crippen LogP contribution >= 0.6 is 11.6 Å². The Balaban J connectivity index is 1.29. The van der Waals surface area contributed by atoms with Crippen LogP contribution in [0.25, 0.3) is 10.8 Å². The Labute approximate surface area is 255 Å². The highest BCUT2D eigenvalue weighted by molar-refractivity contribution is 6.31. The van der Waals surface area contributed by atoms with Crippen LogP contribution in [0.5, 0.6) is 0 Å². The summed E-state index contributed by atoms with van der Waals surface area (Å²) < 4.78 is 0. The molecule has 5 rings (SSSR count). The van der Waals surface area contributed by atoms with Crippen molar-refractivity contribution in [1.29, 1.82) is 0 Å². The van der Waals surface area contributed by atoms with Crippen molar-refractivity contribution >= 4 is 34.2 Å². The Morgan fingerprint density at radius 3 is 2.40 bits per heavy atom. The molecule has 2 N–H and O–H groups in total. The molecule has 7 heteroatoms. The molecule has 2 fully saturated rings. The van der Waals surface area contributed by atoms with Crippen LogP contribution in [0.2, 0.25) is 5.02 Å². The van der Waals surface area contributed by atoms with Crippen molar-refractivity contribution in [1.82, 2.24) is 20.4 Å². The highest BCUT2D eigenvalue weighted by atomic mass is 35.5. The highest BCUT2D eigenvalue weighted by Crippen LogP contribution is 2.28. The molecule has 0 radical (unpaired) electrons. The molecule has 3 aromatic carbocycles. The number of carbonyl (C=O) groups is 2. The largest absolute Gasteiger partial charge is 0.350 e. The van der Waals surface area contributed by atoms with Crippen LogP contribution in [0.3, 0.4) is 0 Å². The summed E-state index contributed by atoms with van der Waals surface area (Å²) in [5.74, 6) is 0.709. The fraction of sp³-hybridized carbons (Fsp3) is 0.486. The van der Waals surface area contributed by atoms with Crippen molar-refractivity contribution in [3.8, 4) is 0 Å². The number of likely N-dealkylation sites (tertiary alicyclic amines) is 1. The Kier molecular flexibility index (Phi) is 10.2. The van der Waals surface area contributed by atoms with Gasteiger partial charge in [0.1, 0.15) is 0 Å². The molecule has 0 aliphatic carbocycles. The summed E-state index contributed by atoms with van der Waals surface area (Å²) in [6.45, 7) is 10.6. The van der Waals surface area contributed by atoms with Crippen molar-refractivity contribution in [2.24, 2.45) is 5.92 Å². The average molecular weight is 589 g/mol. The number of nitrogens with one attached hydrogen (secondary N) is 2. The van der Waals surface area contributed by atoms with Gasteiger partial charge in [-0.3, -0.25) is 9.59 Å². The maximum atomic E-state index is 14.1. The van der Waals surface area contributed by atoms with E-state index in [1.807, 2.05) is 42.5 Å². The molecule has 42 heavy (non-hydrogen) atoms. The third-order valence-electron chi connectivity index (χ3n) is 9.29. The lowest BCUT2D eigenvalue weighted by atomic mass is 9.87. The zero-order valence-electron chi connectivity index (χ0n) is 25.2. The summed E-state index contributed by atoms with van der Waals surface area (Å²) in [7, 11) is 0. The predicted octanol–water partition coefficient (Wildman–Crippen LogP) is 6.10. The molecule has 2 aliphatic heterocycles. The molecule has 224 valence electrons.